The molecule has 40 heavy (non-hydrogen) atoms. The second-order valence-corrected chi connectivity index (χ2v) is 9.43. The van der Waals surface area contributed by atoms with E-state index >= 15 is 0 Å². The number of carbonyl (C=O) groups is 1. The molecule has 0 bridgehead atoms. The van der Waals surface area contributed by atoms with E-state index in [1.165, 1.54) is 12.5 Å². The standard InChI is InChI=1S/C30H33N3O6.Na/c1-19-15-26(37-14-6-13-31-22(4)34)16-20(2)28(19)27-8-5-7-24(21(27)3)18-38-25-11-9-23(10-12-25)17-33-29(35)32-30(36)39-33;/h5,7-12,15-16H,6,13-14,17-18H2,1-4H3,(H2,31,32,34,35,36);/q;+1/p-1. The average Bonchev–Trinajstić information content (AvgIpc) is 3.20. The van der Waals surface area contributed by atoms with Gasteiger partial charge in [0.2, 0.25) is 5.91 Å². The van der Waals surface area contributed by atoms with E-state index in [9.17, 15) is 14.4 Å². The third-order valence-corrected chi connectivity index (χ3v) is 6.42. The number of aryl methyl sites for hydroxylation is 2. The Labute approximate surface area is 254 Å². The molecule has 0 saturated heterocycles. The van der Waals surface area contributed by atoms with Crippen molar-refractivity contribution < 1.29 is 48.3 Å². The van der Waals surface area contributed by atoms with Gasteiger partial charge in [-0.3, -0.25) is 14.3 Å². The first kappa shape index (κ1) is 31.0. The third kappa shape index (κ3) is 8.00. The first-order valence-electron chi connectivity index (χ1n) is 12.8. The largest absolute Gasteiger partial charge is 1.00 e. The summed E-state index contributed by atoms with van der Waals surface area (Å²) < 4.78 is 17.7. The number of benzene rings is 3. The van der Waals surface area contributed by atoms with E-state index in [1.807, 2.05) is 30.3 Å². The van der Waals surface area contributed by atoms with E-state index in [0.717, 1.165) is 50.3 Å². The second-order valence-electron chi connectivity index (χ2n) is 9.43. The van der Waals surface area contributed by atoms with Crippen molar-refractivity contribution >= 4 is 5.91 Å². The van der Waals surface area contributed by atoms with Crippen LogP contribution in [0.2, 0.25) is 0 Å². The van der Waals surface area contributed by atoms with Gasteiger partial charge in [0.25, 0.3) is 0 Å². The summed E-state index contributed by atoms with van der Waals surface area (Å²) in [4.78, 5) is 36.9. The monoisotopic (exact) mass is 553 g/mol. The molecule has 0 aliphatic carbocycles. The topological polar surface area (TPSA) is 114 Å². The van der Waals surface area contributed by atoms with Crippen LogP contribution in [-0.2, 0) is 17.9 Å². The van der Waals surface area contributed by atoms with E-state index in [-0.39, 0.29) is 42.0 Å². The van der Waals surface area contributed by atoms with Gasteiger partial charge in [0.15, 0.2) is 5.69 Å². The van der Waals surface area contributed by atoms with Gasteiger partial charge in [-0.15, -0.1) is 0 Å². The molecule has 1 N–H and O–H groups in total. The first-order valence-corrected chi connectivity index (χ1v) is 12.8. The molecule has 1 heterocycles. The Kier molecular flexibility index (Phi) is 11.0. The van der Waals surface area contributed by atoms with Gasteiger partial charge >= 0.3 is 35.3 Å². The molecule has 9 nitrogen and oxygen atoms in total. The van der Waals surface area contributed by atoms with Crippen LogP contribution in [0.3, 0.4) is 0 Å². The van der Waals surface area contributed by atoms with Gasteiger partial charge in [-0.2, -0.15) is 0 Å². The average molecular weight is 554 g/mol. The summed E-state index contributed by atoms with van der Waals surface area (Å²) in [5, 5.41) is 2.78. The fourth-order valence-electron chi connectivity index (χ4n) is 4.47. The number of nitrogens with zero attached hydrogens (tertiary/aromatic N) is 2. The Balaban J connectivity index is 0.00000441. The van der Waals surface area contributed by atoms with E-state index in [0.29, 0.717) is 25.5 Å². The molecule has 3 aromatic carbocycles. The molecule has 0 fully saturated rings. The van der Waals surface area contributed by atoms with Crippen LogP contribution >= 0.6 is 0 Å². The molecule has 10 heteroatoms. The molecule has 4 aromatic rings. The molecule has 204 valence electrons. The smallest absolute Gasteiger partial charge is 0.494 e. The summed E-state index contributed by atoms with van der Waals surface area (Å²) in [7, 11) is 0. The maximum Gasteiger partial charge on any atom is 1.00 e. The number of rotatable bonds is 11. The van der Waals surface area contributed by atoms with Crippen LogP contribution < -0.4 is 60.8 Å². The zero-order chi connectivity index (χ0) is 27.9. The van der Waals surface area contributed by atoms with E-state index in [2.05, 4.69) is 55.3 Å². The Morgan fingerprint density at radius 1 is 0.975 bits per heavy atom. The summed E-state index contributed by atoms with van der Waals surface area (Å²) in [6, 6.07) is 17.6. The number of hydrogen-bond donors (Lipinski definition) is 1. The zero-order valence-electron chi connectivity index (χ0n) is 23.6. The van der Waals surface area contributed by atoms with E-state index < -0.39 is 11.4 Å². The van der Waals surface area contributed by atoms with Crippen molar-refractivity contribution in [2.75, 3.05) is 13.2 Å². The summed E-state index contributed by atoms with van der Waals surface area (Å²) in [5.41, 5.74) is 6.86. The fraction of sp³-hybridized carbons (Fsp3) is 0.300. The Morgan fingerprint density at radius 2 is 1.68 bits per heavy atom. The minimum atomic E-state index is -0.901. The maximum absolute atomic E-state index is 11.6. The van der Waals surface area contributed by atoms with E-state index in [4.69, 9.17) is 14.0 Å². The van der Waals surface area contributed by atoms with Gasteiger partial charge in [-0.25, -0.2) is 4.79 Å². The SMILES string of the molecule is CC(=O)NCCCOc1cc(C)c(-c2cccc(COc3ccc(Cn4oc(=O)[n-]c4=O)cc3)c2C)c(C)c1.[Na+]. The van der Waals surface area contributed by atoms with Crippen molar-refractivity contribution in [3.63, 3.8) is 0 Å². The van der Waals surface area contributed by atoms with Crippen molar-refractivity contribution in [1.82, 2.24) is 15.0 Å². The van der Waals surface area contributed by atoms with Crippen molar-refractivity contribution in [2.45, 2.75) is 47.3 Å². The molecule has 0 atom stereocenters. The number of aromatic nitrogens is 2. The van der Waals surface area contributed by atoms with Crippen LogP contribution in [-0.4, -0.2) is 23.8 Å². The Bertz CT molecular complexity index is 1550. The van der Waals surface area contributed by atoms with Crippen LogP contribution in [0.5, 0.6) is 11.5 Å². The Hall–Kier alpha value is -3.53. The quantitative estimate of drug-likeness (QED) is 0.217. The molecule has 0 unspecified atom stereocenters. The predicted molar refractivity (Wildman–Crippen MR) is 147 cm³/mol. The molecular formula is C30H32N3NaO6. The molecular weight excluding hydrogens is 521 g/mol. The van der Waals surface area contributed by atoms with Crippen molar-refractivity contribution in [2.24, 2.45) is 0 Å². The molecule has 0 aliphatic rings. The van der Waals surface area contributed by atoms with Crippen LogP contribution in [0.25, 0.3) is 11.1 Å². The van der Waals surface area contributed by atoms with Crippen molar-refractivity contribution in [3.05, 3.63) is 103 Å². The molecule has 0 radical (unpaired) electrons. The van der Waals surface area contributed by atoms with Gasteiger partial charge in [-0.1, -0.05) is 30.3 Å². The molecule has 4 rings (SSSR count). The number of hydrogen-bond acceptors (Lipinski definition) is 6. The first-order chi connectivity index (χ1) is 18.7. The minimum absolute atomic E-state index is 0. The maximum atomic E-state index is 11.6. The van der Waals surface area contributed by atoms with Crippen molar-refractivity contribution in [1.29, 1.82) is 0 Å². The summed E-state index contributed by atoms with van der Waals surface area (Å²) in [6.45, 7) is 9.42. The van der Waals surface area contributed by atoms with Crippen LogP contribution in [0.4, 0.5) is 0 Å². The van der Waals surface area contributed by atoms with Gasteiger partial charge < -0.3 is 24.3 Å². The normalized spacial score (nSPS) is 10.6. The minimum Gasteiger partial charge on any atom is -0.494 e. The predicted octanol–water partition coefficient (Wildman–Crippen LogP) is 0.887. The zero-order valence-corrected chi connectivity index (χ0v) is 25.6. The van der Waals surface area contributed by atoms with Crippen LogP contribution in [0, 0.1) is 20.8 Å². The molecule has 1 amide bonds. The third-order valence-electron chi connectivity index (χ3n) is 6.42. The van der Waals surface area contributed by atoms with Crippen molar-refractivity contribution in [3.8, 4) is 22.6 Å². The number of carbonyl (C=O) groups excluding carboxylic acids is 1. The number of ether oxygens (including phenoxy) is 2. The van der Waals surface area contributed by atoms with Gasteiger partial charge in [0, 0.05) is 20.0 Å². The van der Waals surface area contributed by atoms with Crippen LogP contribution in [0.15, 0.2) is 68.7 Å². The Morgan fingerprint density at radius 3 is 2.30 bits per heavy atom. The summed E-state index contributed by atoms with van der Waals surface area (Å²) in [5.74, 6) is 0.567. The summed E-state index contributed by atoms with van der Waals surface area (Å²) >= 11 is 0. The second kappa shape index (κ2) is 14.2. The van der Waals surface area contributed by atoms with Crippen LogP contribution in [0.1, 0.15) is 41.2 Å². The van der Waals surface area contributed by atoms with Gasteiger partial charge in [-0.05, 0) is 90.4 Å². The molecule has 1 aromatic heterocycles. The molecule has 0 spiro atoms. The van der Waals surface area contributed by atoms with Gasteiger partial charge in [0.05, 0.1) is 6.61 Å². The fourth-order valence-corrected chi connectivity index (χ4v) is 4.47. The number of nitrogens with one attached hydrogen (secondary N) is 1. The number of amides is 1. The molecule has 0 saturated carbocycles. The van der Waals surface area contributed by atoms with E-state index in [1.54, 1.807) is 0 Å². The molecule has 0 aliphatic heterocycles. The van der Waals surface area contributed by atoms with Gasteiger partial charge in [0.1, 0.15) is 18.1 Å². The summed E-state index contributed by atoms with van der Waals surface area (Å²) in [6.07, 6.45) is 0.743.